The van der Waals surface area contributed by atoms with E-state index in [1.54, 1.807) is 84.2 Å². The third-order valence-corrected chi connectivity index (χ3v) is 13.2. The summed E-state index contributed by atoms with van der Waals surface area (Å²) in [6.45, 7) is 0. The van der Waals surface area contributed by atoms with Crippen molar-refractivity contribution in [3.8, 4) is 5.75 Å². The van der Waals surface area contributed by atoms with Crippen LogP contribution in [0.3, 0.4) is 0 Å². The topological polar surface area (TPSA) is 9.23 Å². The number of benzene rings is 1. The Balaban J connectivity index is 0.000000196. The van der Waals surface area contributed by atoms with Gasteiger partial charge in [0.05, 0.1) is 0 Å². The van der Waals surface area contributed by atoms with E-state index >= 15 is 0 Å². The fraction of sp³-hybridized carbons (Fsp3) is 0.731. The quantitative estimate of drug-likeness (QED) is 0.253. The zero-order chi connectivity index (χ0) is 21.9. The van der Waals surface area contributed by atoms with Gasteiger partial charge in [-0.2, -0.15) is 0 Å². The summed E-state index contributed by atoms with van der Waals surface area (Å²) in [7, 11) is 13.5. The van der Waals surface area contributed by atoms with Crippen molar-refractivity contribution in [2.75, 3.05) is 7.11 Å². The molecule has 0 spiro atoms. The van der Waals surface area contributed by atoms with Gasteiger partial charge in [-0.3, -0.25) is 0 Å². The molecule has 0 saturated heterocycles. The summed E-state index contributed by atoms with van der Waals surface area (Å²) in [5.74, 6) is 0.817. The predicted molar refractivity (Wildman–Crippen MR) is 137 cm³/mol. The van der Waals surface area contributed by atoms with Crippen molar-refractivity contribution in [1.29, 1.82) is 0 Å². The Morgan fingerprint density at radius 2 is 1.16 bits per heavy atom. The van der Waals surface area contributed by atoms with Crippen LogP contribution in [-0.4, -0.2) is 28.7 Å². The molecule has 0 bridgehead atoms. The number of hydrogen-bond donors (Lipinski definition) is 0. The molecule has 0 N–H and O–H groups in total. The summed E-state index contributed by atoms with van der Waals surface area (Å²) in [6.07, 6.45) is 23.6. The van der Waals surface area contributed by atoms with Gasteiger partial charge in [0, 0.05) is 0 Å². The number of methoxy groups -OCH3 is 1. The monoisotopic (exact) mass is 572 g/mol. The predicted octanol–water partition coefficient (Wildman–Crippen LogP) is 9.24. The maximum atomic E-state index is 5.74. The summed E-state index contributed by atoms with van der Waals surface area (Å²) in [4.78, 5) is 0. The van der Waals surface area contributed by atoms with E-state index in [-0.39, 0.29) is 0 Å². The number of rotatable bonds is 5. The van der Waals surface area contributed by atoms with Crippen LogP contribution in [0.5, 0.6) is 5.75 Å². The number of hydrogen-bond acceptors (Lipinski definition) is 1. The fourth-order valence-electron chi connectivity index (χ4n) is 5.87. The van der Waals surface area contributed by atoms with Crippen molar-refractivity contribution < 1.29 is 18.3 Å². The first-order valence-corrected chi connectivity index (χ1v) is 19.5. The Morgan fingerprint density at radius 1 is 0.742 bits per heavy atom. The molecule has 3 fully saturated rings. The Labute approximate surface area is 205 Å². The molecule has 0 unspecified atom stereocenters. The van der Waals surface area contributed by atoms with E-state index in [1.165, 1.54) is 36.2 Å². The van der Waals surface area contributed by atoms with E-state index in [1.807, 2.05) is 28.9 Å². The van der Waals surface area contributed by atoms with Gasteiger partial charge in [-0.05, 0) is 55.5 Å². The average Bonchev–Trinajstić information content (AvgIpc) is 2.82. The molecule has 0 amide bonds. The van der Waals surface area contributed by atoms with Crippen molar-refractivity contribution in [1.82, 2.24) is 0 Å². The second-order valence-electron chi connectivity index (χ2n) is 9.37. The molecule has 3 saturated carbocycles. The number of para-hydroxylation sites is 1. The van der Waals surface area contributed by atoms with E-state index in [2.05, 4.69) is 0 Å². The van der Waals surface area contributed by atoms with Gasteiger partial charge in [0.15, 0.2) is 0 Å². The number of halogens is 2. The molecule has 178 valence electrons. The third-order valence-electron chi connectivity index (χ3n) is 7.32. The van der Waals surface area contributed by atoms with Crippen molar-refractivity contribution in [2.24, 2.45) is 0 Å². The van der Waals surface area contributed by atoms with Gasteiger partial charge < -0.3 is 0 Å². The minimum atomic E-state index is -1.74. The van der Waals surface area contributed by atoms with Crippen molar-refractivity contribution in [2.45, 2.75) is 113 Å². The molecule has 0 aromatic heterocycles. The van der Waals surface area contributed by atoms with E-state index in [4.69, 9.17) is 24.1 Å². The van der Waals surface area contributed by atoms with Crippen molar-refractivity contribution >= 4 is 31.9 Å². The zero-order valence-corrected chi connectivity index (χ0v) is 23.3. The van der Waals surface area contributed by atoms with Crippen LogP contribution in [0.4, 0.5) is 0 Å². The van der Waals surface area contributed by atoms with Gasteiger partial charge >= 0.3 is 84.9 Å². The first-order valence-electron chi connectivity index (χ1n) is 12.4. The normalized spacial score (nSPS) is 21.9. The van der Waals surface area contributed by atoms with Crippen LogP contribution in [0.1, 0.15) is 102 Å². The second kappa shape index (κ2) is 14.7. The molecule has 0 radical (unpaired) electrons. The molecule has 5 heteroatoms. The van der Waals surface area contributed by atoms with E-state index in [0.29, 0.717) is 7.92 Å². The van der Waals surface area contributed by atoms with Crippen LogP contribution in [-0.2, 0) is 13.5 Å². The SMILES string of the molecule is C1CCC(P(C2CCCCC2)C2CCCCC2)CC1.COc1ccccc1[CH]=[Ru]([Cl])[Cl]. The summed E-state index contributed by atoms with van der Waals surface area (Å²) in [5.41, 5.74) is 4.55. The van der Waals surface area contributed by atoms with E-state index in [9.17, 15) is 0 Å². The van der Waals surface area contributed by atoms with Crippen LogP contribution >= 0.6 is 27.3 Å². The van der Waals surface area contributed by atoms with Crippen LogP contribution in [0.25, 0.3) is 0 Å². The van der Waals surface area contributed by atoms with Gasteiger partial charge in [-0.15, -0.1) is 0 Å². The van der Waals surface area contributed by atoms with E-state index in [0.717, 1.165) is 11.3 Å². The van der Waals surface area contributed by atoms with E-state index < -0.39 is 13.5 Å². The summed E-state index contributed by atoms with van der Waals surface area (Å²) >= 11 is -1.74. The Hall–Kier alpha value is 0.523. The summed E-state index contributed by atoms with van der Waals surface area (Å²) in [5, 5.41) is 0. The molecule has 4 rings (SSSR count). The minimum absolute atomic E-state index is 0.385. The van der Waals surface area contributed by atoms with Crippen LogP contribution in [0, 0.1) is 0 Å². The standard InChI is InChI=1S/C18H33P.C8H8O.2ClH.Ru/c1-4-10-16(11-5-1)19(17-12-6-2-7-13-17)18-14-8-3-9-15-18;1-7-5-3-4-6-8(7)9-2;;;/h16-18H,1-15H2;1,3-6H,2H3;2*1H;/q;;;;+2/p-2. The summed E-state index contributed by atoms with van der Waals surface area (Å²) < 4.78 is 6.99. The van der Waals surface area contributed by atoms with Crippen molar-refractivity contribution in [3.05, 3.63) is 29.8 Å². The number of ether oxygens (including phenoxy) is 1. The van der Waals surface area contributed by atoms with Crippen molar-refractivity contribution in [3.63, 3.8) is 0 Å². The first-order chi connectivity index (χ1) is 15.2. The molecule has 1 nitrogen and oxygen atoms in total. The molecule has 1 aromatic rings. The molecule has 1 aromatic carbocycles. The fourth-order valence-corrected chi connectivity index (χ4v) is 12.3. The van der Waals surface area contributed by atoms with Crippen LogP contribution < -0.4 is 4.74 Å². The van der Waals surface area contributed by atoms with Gasteiger partial charge in [0.25, 0.3) is 0 Å². The Morgan fingerprint density at radius 3 is 1.55 bits per heavy atom. The van der Waals surface area contributed by atoms with Crippen LogP contribution in [0.15, 0.2) is 24.3 Å². The molecular formula is C26H41Cl2OPRu. The molecule has 0 atom stereocenters. The average molecular weight is 573 g/mol. The van der Waals surface area contributed by atoms with Gasteiger partial charge in [0.1, 0.15) is 0 Å². The zero-order valence-electron chi connectivity index (χ0n) is 19.2. The molecule has 31 heavy (non-hydrogen) atoms. The molecule has 3 aliphatic rings. The molecule has 3 aliphatic carbocycles. The van der Waals surface area contributed by atoms with Crippen LogP contribution in [0.2, 0.25) is 0 Å². The second-order valence-corrected chi connectivity index (χ2v) is 18.2. The van der Waals surface area contributed by atoms with Gasteiger partial charge in [-0.1, -0.05) is 65.7 Å². The maximum absolute atomic E-state index is 5.74. The molecular weight excluding hydrogens is 531 g/mol. The first kappa shape index (κ1) is 26.1. The summed E-state index contributed by atoms with van der Waals surface area (Å²) in [6, 6.07) is 7.66. The molecule has 0 aliphatic heterocycles. The Kier molecular flexibility index (Phi) is 12.4. The Bertz CT molecular complexity index is 618. The molecule has 0 heterocycles. The van der Waals surface area contributed by atoms with Gasteiger partial charge in [-0.25, -0.2) is 0 Å². The van der Waals surface area contributed by atoms with Gasteiger partial charge in [0.2, 0.25) is 0 Å². The third kappa shape index (κ3) is 8.67.